The summed E-state index contributed by atoms with van der Waals surface area (Å²) in [4.78, 5) is 19.9. The molecule has 1 heterocycles. The quantitative estimate of drug-likeness (QED) is 0.886. The van der Waals surface area contributed by atoms with Crippen LogP contribution in [0.3, 0.4) is 0 Å². The normalized spacial score (nSPS) is 17.9. The largest absolute Gasteiger partial charge is 0.353 e. The van der Waals surface area contributed by atoms with Gasteiger partial charge in [-0.25, -0.2) is 9.97 Å². The Balaban J connectivity index is 1.85. The topological polar surface area (TPSA) is 54.9 Å². The van der Waals surface area contributed by atoms with Crippen LogP contribution in [0.5, 0.6) is 0 Å². The molecule has 1 aliphatic carbocycles. The Bertz CT molecular complexity index is 388. The second kappa shape index (κ2) is 7.22. The minimum Gasteiger partial charge on any atom is -0.353 e. The van der Waals surface area contributed by atoms with E-state index in [1.165, 1.54) is 38.4 Å². The van der Waals surface area contributed by atoms with Crippen molar-refractivity contribution in [1.82, 2.24) is 15.3 Å². The molecule has 2 rings (SSSR count). The van der Waals surface area contributed by atoms with Gasteiger partial charge in [-0.15, -0.1) is 0 Å². The molecule has 1 fully saturated rings. The van der Waals surface area contributed by atoms with E-state index in [0.29, 0.717) is 18.4 Å². The minimum atomic E-state index is 0.0900. The highest BCUT2D eigenvalue weighted by Crippen LogP contribution is 2.27. The van der Waals surface area contributed by atoms with E-state index in [0.717, 1.165) is 12.0 Å². The molecule has 4 nitrogen and oxygen atoms in total. The van der Waals surface area contributed by atoms with Gasteiger partial charge in [-0.3, -0.25) is 4.79 Å². The third kappa shape index (κ3) is 4.30. The maximum atomic E-state index is 12.1. The van der Waals surface area contributed by atoms with Crippen LogP contribution in [0.1, 0.15) is 51.0 Å². The summed E-state index contributed by atoms with van der Waals surface area (Å²) in [7, 11) is 0. The van der Waals surface area contributed by atoms with E-state index in [2.05, 4.69) is 22.2 Å². The van der Waals surface area contributed by atoms with Crippen molar-refractivity contribution < 1.29 is 4.79 Å². The van der Waals surface area contributed by atoms with Gasteiger partial charge >= 0.3 is 0 Å². The first kappa shape index (κ1) is 14.0. The van der Waals surface area contributed by atoms with Gasteiger partial charge < -0.3 is 5.32 Å². The van der Waals surface area contributed by atoms with Gasteiger partial charge in [0.2, 0.25) is 5.91 Å². The molecule has 1 atom stereocenters. The molecule has 1 amide bonds. The molecular formula is C15H23N3O. The van der Waals surface area contributed by atoms with Crippen molar-refractivity contribution in [1.29, 1.82) is 0 Å². The summed E-state index contributed by atoms with van der Waals surface area (Å²) < 4.78 is 0. The van der Waals surface area contributed by atoms with Gasteiger partial charge in [0.1, 0.15) is 6.33 Å². The van der Waals surface area contributed by atoms with Crippen LogP contribution >= 0.6 is 0 Å². The van der Waals surface area contributed by atoms with Crippen molar-refractivity contribution in [3.63, 3.8) is 0 Å². The monoisotopic (exact) mass is 261 g/mol. The van der Waals surface area contributed by atoms with E-state index >= 15 is 0 Å². The smallest absolute Gasteiger partial charge is 0.224 e. The van der Waals surface area contributed by atoms with Crippen molar-refractivity contribution in [2.24, 2.45) is 5.92 Å². The number of nitrogens with zero attached hydrogens (tertiary/aromatic N) is 2. The summed E-state index contributed by atoms with van der Waals surface area (Å²) in [5.41, 5.74) is 0.874. The first-order valence-electron chi connectivity index (χ1n) is 7.33. The SMILES string of the molecule is CC[C@H](NC(=O)Cc1cncnc1)C1CCCCC1. The first-order chi connectivity index (χ1) is 9.29. The Morgan fingerprint density at radius 1 is 1.32 bits per heavy atom. The molecule has 19 heavy (non-hydrogen) atoms. The van der Waals surface area contributed by atoms with E-state index in [4.69, 9.17) is 0 Å². The molecule has 4 heteroatoms. The predicted molar refractivity (Wildman–Crippen MR) is 74.5 cm³/mol. The van der Waals surface area contributed by atoms with Crippen LogP contribution < -0.4 is 5.32 Å². The molecule has 1 N–H and O–H groups in total. The highest BCUT2D eigenvalue weighted by Gasteiger charge is 2.23. The number of rotatable bonds is 5. The number of amides is 1. The van der Waals surface area contributed by atoms with Crippen molar-refractivity contribution >= 4 is 5.91 Å². The van der Waals surface area contributed by atoms with Gasteiger partial charge in [0.05, 0.1) is 6.42 Å². The second-order valence-electron chi connectivity index (χ2n) is 5.40. The molecule has 1 aromatic rings. The first-order valence-corrected chi connectivity index (χ1v) is 7.33. The molecule has 0 bridgehead atoms. The number of nitrogens with one attached hydrogen (secondary N) is 1. The molecule has 1 aromatic heterocycles. The molecule has 1 aliphatic rings. The Hall–Kier alpha value is -1.45. The lowest BCUT2D eigenvalue weighted by molar-refractivity contribution is -0.121. The average Bonchev–Trinajstić information content (AvgIpc) is 2.47. The number of hydrogen-bond donors (Lipinski definition) is 1. The summed E-state index contributed by atoms with van der Waals surface area (Å²) >= 11 is 0. The zero-order chi connectivity index (χ0) is 13.5. The number of carbonyl (C=O) groups excluding carboxylic acids is 1. The molecule has 0 unspecified atom stereocenters. The lowest BCUT2D eigenvalue weighted by atomic mass is 9.83. The summed E-state index contributed by atoms with van der Waals surface area (Å²) in [5, 5.41) is 3.19. The van der Waals surface area contributed by atoms with E-state index in [1.807, 2.05) is 0 Å². The lowest BCUT2D eigenvalue weighted by Gasteiger charge is -2.30. The van der Waals surface area contributed by atoms with Crippen molar-refractivity contribution in [3.05, 3.63) is 24.3 Å². The molecule has 0 aliphatic heterocycles. The summed E-state index contributed by atoms with van der Waals surface area (Å²) in [5.74, 6) is 0.752. The Kier molecular flexibility index (Phi) is 5.31. The molecule has 1 saturated carbocycles. The zero-order valence-corrected chi connectivity index (χ0v) is 11.6. The summed E-state index contributed by atoms with van der Waals surface area (Å²) in [6.45, 7) is 2.16. The zero-order valence-electron chi connectivity index (χ0n) is 11.6. The van der Waals surface area contributed by atoms with Crippen LogP contribution in [-0.2, 0) is 11.2 Å². The third-order valence-corrected chi connectivity index (χ3v) is 3.98. The summed E-state index contributed by atoms with van der Waals surface area (Å²) in [6.07, 6.45) is 12.8. The van der Waals surface area contributed by atoms with Gasteiger partial charge in [-0.2, -0.15) is 0 Å². The summed E-state index contributed by atoms with van der Waals surface area (Å²) in [6, 6.07) is 0.331. The van der Waals surface area contributed by atoms with Crippen LogP contribution in [0.25, 0.3) is 0 Å². The number of aromatic nitrogens is 2. The van der Waals surface area contributed by atoms with E-state index in [-0.39, 0.29) is 5.91 Å². The van der Waals surface area contributed by atoms with Gasteiger partial charge in [0, 0.05) is 18.4 Å². The highest BCUT2D eigenvalue weighted by molar-refractivity contribution is 5.78. The van der Waals surface area contributed by atoms with Crippen molar-refractivity contribution in [2.45, 2.75) is 57.9 Å². The minimum absolute atomic E-state index is 0.0900. The van der Waals surface area contributed by atoms with Crippen LogP contribution in [0.4, 0.5) is 0 Å². The molecule has 0 saturated heterocycles. The molecule has 104 valence electrons. The average molecular weight is 261 g/mol. The maximum Gasteiger partial charge on any atom is 0.224 e. The van der Waals surface area contributed by atoms with Crippen LogP contribution in [0, 0.1) is 5.92 Å². The van der Waals surface area contributed by atoms with Crippen molar-refractivity contribution in [3.8, 4) is 0 Å². The second-order valence-corrected chi connectivity index (χ2v) is 5.40. The van der Waals surface area contributed by atoms with E-state index in [1.54, 1.807) is 12.4 Å². The van der Waals surface area contributed by atoms with Gasteiger partial charge in [0.25, 0.3) is 0 Å². The van der Waals surface area contributed by atoms with Crippen LogP contribution in [0.15, 0.2) is 18.7 Å². The Morgan fingerprint density at radius 3 is 2.63 bits per heavy atom. The fourth-order valence-electron chi connectivity index (χ4n) is 2.95. The Morgan fingerprint density at radius 2 is 2.00 bits per heavy atom. The van der Waals surface area contributed by atoms with Gasteiger partial charge in [-0.05, 0) is 30.7 Å². The molecular weight excluding hydrogens is 238 g/mol. The van der Waals surface area contributed by atoms with Crippen molar-refractivity contribution in [2.75, 3.05) is 0 Å². The van der Waals surface area contributed by atoms with E-state index in [9.17, 15) is 4.79 Å². The molecule has 0 aromatic carbocycles. The van der Waals surface area contributed by atoms with Crippen LogP contribution in [-0.4, -0.2) is 21.9 Å². The Labute approximate surface area is 115 Å². The predicted octanol–water partition coefficient (Wildman–Crippen LogP) is 2.49. The number of carbonyl (C=O) groups is 1. The molecule has 0 spiro atoms. The fraction of sp³-hybridized carbons (Fsp3) is 0.667. The van der Waals surface area contributed by atoms with Gasteiger partial charge in [-0.1, -0.05) is 26.2 Å². The van der Waals surface area contributed by atoms with Gasteiger partial charge in [0.15, 0.2) is 0 Å². The maximum absolute atomic E-state index is 12.1. The fourth-order valence-corrected chi connectivity index (χ4v) is 2.95. The highest BCUT2D eigenvalue weighted by atomic mass is 16.1. The van der Waals surface area contributed by atoms with E-state index < -0.39 is 0 Å². The standard InChI is InChI=1S/C15H23N3O/c1-2-14(13-6-4-3-5-7-13)18-15(19)8-12-9-16-11-17-10-12/h9-11,13-14H,2-8H2,1H3,(H,18,19)/t14-/m0/s1. The van der Waals surface area contributed by atoms with Crippen LogP contribution in [0.2, 0.25) is 0 Å². The lowest BCUT2D eigenvalue weighted by Crippen LogP contribution is -2.41. The third-order valence-electron chi connectivity index (χ3n) is 3.98. The molecule has 0 radical (unpaired) electrons. The number of hydrogen-bond acceptors (Lipinski definition) is 3.